The molecule has 0 fully saturated rings. The average molecular weight is 697 g/mol. The van der Waals surface area contributed by atoms with Crippen molar-refractivity contribution in [1.29, 1.82) is 0 Å². The van der Waals surface area contributed by atoms with Crippen LogP contribution in [0.25, 0.3) is 0 Å². The molecular formula is C21H22B2F10NO6Ru. The second-order valence-corrected chi connectivity index (χ2v) is 7.47. The van der Waals surface area contributed by atoms with Crippen molar-refractivity contribution in [2.24, 2.45) is 0 Å². The fourth-order valence-corrected chi connectivity index (χ4v) is 2.86. The first-order chi connectivity index (χ1) is 18.6. The molecular weight excluding hydrogens is 675 g/mol. The second-order valence-electron chi connectivity index (χ2n) is 7.47. The van der Waals surface area contributed by atoms with Crippen molar-refractivity contribution < 1.29 is 92.8 Å². The van der Waals surface area contributed by atoms with Crippen molar-refractivity contribution >= 4 is 14.6 Å². The van der Waals surface area contributed by atoms with Gasteiger partial charge in [0.1, 0.15) is 7.32 Å². The largest absolute Gasteiger partial charge is 3.00 e. The minimum absolute atomic E-state index is 0. The van der Waals surface area contributed by atoms with Crippen LogP contribution in [-0.4, -0.2) is 44.2 Å². The summed E-state index contributed by atoms with van der Waals surface area (Å²) in [5.74, 6) is -26.9. The van der Waals surface area contributed by atoms with Gasteiger partial charge in [0.15, 0.2) is 11.5 Å². The fraction of sp³-hybridized carbons (Fsp3) is 0.429. The maximum absolute atomic E-state index is 12.7. The Morgan fingerprint density at radius 3 is 1.00 bits per heavy atom. The van der Waals surface area contributed by atoms with Gasteiger partial charge >= 0.3 is 26.8 Å². The van der Waals surface area contributed by atoms with Gasteiger partial charge in [-0.2, -0.15) is 17.6 Å². The summed E-state index contributed by atoms with van der Waals surface area (Å²) in [6.45, 7) is 10.6. The van der Waals surface area contributed by atoms with Crippen LogP contribution in [0.1, 0.15) is 40.0 Å². The van der Waals surface area contributed by atoms with Crippen LogP contribution in [0.4, 0.5) is 43.9 Å². The molecule has 231 valence electrons. The number of nitrogens with zero attached hydrogens (tertiary/aromatic N) is 1. The van der Waals surface area contributed by atoms with Crippen molar-refractivity contribution in [2.45, 2.75) is 40.0 Å². The van der Waals surface area contributed by atoms with Gasteiger partial charge in [-0.25, -0.2) is 26.3 Å². The van der Waals surface area contributed by atoms with Gasteiger partial charge in [-0.15, -0.1) is 0 Å². The quantitative estimate of drug-likeness (QED) is 0.175. The van der Waals surface area contributed by atoms with Crippen LogP contribution in [0.15, 0.2) is 0 Å². The predicted octanol–water partition coefficient (Wildman–Crippen LogP) is 2.08. The van der Waals surface area contributed by atoms with Gasteiger partial charge in [0.2, 0.25) is 58.2 Å². The van der Waals surface area contributed by atoms with E-state index in [9.17, 15) is 59.0 Å². The summed E-state index contributed by atoms with van der Waals surface area (Å²) in [5.41, 5.74) is 0. The summed E-state index contributed by atoms with van der Waals surface area (Å²) in [7, 11) is -6.14. The van der Waals surface area contributed by atoms with E-state index in [1.807, 2.05) is 0 Å². The number of benzene rings is 2. The van der Waals surface area contributed by atoms with E-state index in [2.05, 4.69) is 35.0 Å². The van der Waals surface area contributed by atoms with Crippen molar-refractivity contribution in [3.05, 3.63) is 58.2 Å². The first-order valence-corrected chi connectivity index (χ1v) is 11.3. The molecule has 0 heterocycles. The molecule has 0 aliphatic heterocycles. The second kappa shape index (κ2) is 19.9. The molecule has 0 aliphatic rings. The maximum atomic E-state index is 12.7. The molecule has 2 rings (SSSR count). The van der Waals surface area contributed by atoms with E-state index in [0.29, 0.717) is 0 Å². The molecule has 0 atom stereocenters. The van der Waals surface area contributed by atoms with Crippen LogP contribution in [0.5, 0.6) is 11.5 Å². The number of rotatable bonds is 10. The van der Waals surface area contributed by atoms with Crippen LogP contribution in [0, 0.1) is 58.2 Å². The van der Waals surface area contributed by atoms with Gasteiger partial charge in [-0.3, -0.25) is 0 Å². The van der Waals surface area contributed by atoms with Gasteiger partial charge in [0, 0.05) is 0 Å². The number of hydrogen-bond acceptors (Lipinski definition) is 7. The molecule has 0 saturated heterocycles. The molecule has 20 heteroatoms. The summed E-state index contributed by atoms with van der Waals surface area (Å²) in [4.78, 5) is 2.54. The van der Waals surface area contributed by atoms with Crippen LogP contribution in [0.3, 0.4) is 0 Å². The van der Waals surface area contributed by atoms with Crippen molar-refractivity contribution in [3.8, 4) is 11.5 Å². The van der Waals surface area contributed by atoms with Crippen LogP contribution in [-0.2, 0) is 19.5 Å². The molecule has 0 amide bonds. The molecule has 0 saturated carbocycles. The van der Waals surface area contributed by atoms with E-state index in [1.165, 1.54) is 38.9 Å². The average Bonchev–Trinajstić information content (AvgIpc) is 2.90. The van der Waals surface area contributed by atoms with E-state index in [4.69, 9.17) is 5.02 Å². The molecule has 1 N–H and O–H groups in total. The topological polar surface area (TPSA) is 111 Å². The molecule has 2 aromatic rings. The van der Waals surface area contributed by atoms with Crippen molar-refractivity contribution in [1.82, 2.24) is 4.90 Å². The Balaban J connectivity index is 0. The van der Waals surface area contributed by atoms with E-state index < -0.39 is 84.3 Å². The van der Waals surface area contributed by atoms with Crippen molar-refractivity contribution in [3.63, 3.8) is 0 Å². The Kier molecular flexibility index (Phi) is 19.9. The Morgan fingerprint density at radius 1 is 0.537 bits per heavy atom. The maximum Gasteiger partial charge on any atom is 3.00 e. The van der Waals surface area contributed by atoms with Crippen LogP contribution < -0.4 is 24.4 Å². The fourth-order valence-electron chi connectivity index (χ4n) is 2.86. The zero-order valence-electron chi connectivity index (χ0n) is 21.5. The zero-order chi connectivity index (χ0) is 31.3. The molecule has 41 heavy (non-hydrogen) atoms. The van der Waals surface area contributed by atoms with Gasteiger partial charge in [0.25, 0.3) is 0 Å². The number of hydrogen-bond donors (Lipinski definition) is 1. The SMILES string of the molecule is CCCN(CCC)CCC.[O-]B(O)Oc1c(F)c(F)c(F)c(F)c1F.[O-]B([O-])Oc1c(F)c(F)c(F)c(F)c1F.[Ru+3]. The van der Waals surface area contributed by atoms with Gasteiger partial charge in [0.05, 0.1) is 0 Å². The third-order valence-electron chi connectivity index (χ3n) is 4.39. The Morgan fingerprint density at radius 2 is 0.780 bits per heavy atom. The Hall–Kier alpha value is -2.11. The summed E-state index contributed by atoms with van der Waals surface area (Å²) < 4.78 is 132. The minimum atomic E-state index is -3.20. The zero-order valence-corrected chi connectivity index (χ0v) is 23.2. The predicted molar refractivity (Wildman–Crippen MR) is 115 cm³/mol. The molecule has 1 radical (unpaired) electrons. The summed E-state index contributed by atoms with van der Waals surface area (Å²) in [6.07, 6.45) is 3.88. The van der Waals surface area contributed by atoms with E-state index >= 15 is 0 Å². The Labute approximate surface area is 241 Å². The molecule has 0 bridgehead atoms. The molecule has 2 aromatic carbocycles. The summed E-state index contributed by atoms with van der Waals surface area (Å²) in [6, 6.07) is 0. The standard InChI is InChI=1S/C9H21N.C6HBF5O3.C6BF5O3.Ru/c1-4-7-10(8-5-2)9-6-3;2*8-1-2(9)4(11)6(15-7(13)14)5(12)3(1)10;/h4-9H2,1-3H3;13H;;/q;-1;-2;+3. The van der Waals surface area contributed by atoms with E-state index in [-0.39, 0.29) is 19.5 Å². The van der Waals surface area contributed by atoms with Crippen LogP contribution in [0.2, 0.25) is 0 Å². The Bertz CT molecular complexity index is 960. The van der Waals surface area contributed by atoms with E-state index in [0.717, 1.165) is 0 Å². The first-order valence-electron chi connectivity index (χ1n) is 11.3. The third kappa shape index (κ3) is 12.3. The molecule has 7 nitrogen and oxygen atoms in total. The third-order valence-corrected chi connectivity index (χ3v) is 4.39. The normalized spacial score (nSPS) is 10.2. The summed E-state index contributed by atoms with van der Waals surface area (Å²) in [5, 5.41) is 37.7. The molecule has 0 unspecified atom stereocenters. The molecule has 0 aliphatic carbocycles. The van der Waals surface area contributed by atoms with E-state index in [1.54, 1.807) is 0 Å². The monoisotopic (exact) mass is 698 g/mol. The van der Waals surface area contributed by atoms with Gasteiger partial charge in [-0.1, -0.05) is 20.8 Å². The summed E-state index contributed by atoms with van der Waals surface area (Å²) >= 11 is 0. The first kappa shape index (κ1) is 41.0. The van der Waals surface area contributed by atoms with Gasteiger partial charge in [-0.05, 0) is 38.9 Å². The van der Waals surface area contributed by atoms with Crippen LogP contribution >= 0.6 is 0 Å². The van der Waals surface area contributed by atoms with Crippen molar-refractivity contribution in [2.75, 3.05) is 19.6 Å². The van der Waals surface area contributed by atoms with Gasteiger partial charge < -0.3 is 34.3 Å². The smallest absolute Gasteiger partial charge is 0.860 e. The number of halogens is 10. The molecule has 0 aromatic heterocycles. The minimum Gasteiger partial charge on any atom is -0.860 e. The molecule has 0 spiro atoms.